The number of aryl methyl sites for hydroxylation is 1. The third-order valence-corrected chi connectivity index (χ3v) is 5.09. The number of aromatic nitrogens is 2. The molecule has 1 aromatic heterocycles. The van der Waals surface area contributed by atoms with E-state index < -0.39 is 0 Å². The molecule has 1 aliphatic heterocycles. The third kappa shape index (κ3) is 2.90. The van der Waals surface area contributed by atoms with Gasteiger partial charge in [0.05, 0.1) is 0 Å². The van der Waals surface area contributed by atoms with Crippen molar-refractivity contribution in [3.8, 4) is 0 Å². The number of carbonyl (C=O) groups excluding carboxylic acids is 1. The molecule has 19 heavy (non-hydrogen) atoms. The van der Waals surface area contributed by atoms with Crippen molar-refractivity contribution in [2.24, 2.45) is 11.3 Å². The summed E-state index contributed by atoms with van der Waals surface area (Å²) in [6.07, 6.45) is 4.16. The van der Waals surface area contributed by atoms with E-state index in [0.717, 1.165) is 43.8 Å². The van der Waals surface area contributed by atoms with Gasteiger partial charge in [-0.1, -0.05) is 18.3 Å². The lowest BCUT2D eigenvalue weighted by atomic mass is 9.92. The van der Waals surface area contributed by atoms with Crippen LogP contribution in [0.1, 0.15) is 31.2 Å². The maximum absolute atomic E-state index is 12.2. The minimum absolute atomic E-state index is 0. The number of hydrogen-bond acceptors (Lipinski definition) is 5. The van der Waals surface area contributed by atoms with Crippen molar-refractivity contribution in [2.75, 3.05) is 18.4 Å². The summed E-state index contributed by atoms with van der Waals surface area (Å²) >= 11 is 1.47. The van der Waals surface area contributed by atoms with E-state index in [2.05, 4.69) is 20.8 Å². The molecular weight excluding hydrogens is 284 g/mol. The van der Waals surface area contributed by atoms with Crippen molar-refractivity contribution in [3.05, 3.63) is 5.01 Å². The first-order chi connectivity index (χ1) is 8.73. The van der Waals surface area contributed by atoms with Crippen molar-refractivity contribution >= 4 is 34.8 Å². The monoisotopic (exact) mass is 302 g/mol. The maximum Gasteiger partial charge on any atom is 0.229 e. The normalized spacial score (nSPS) is 23.7. The van der Waals surface area contributed by atoms with Gasteiger partial charge in [0, 0.05) is 5.92 Å². The zero-order valence-electron chi connectivity index (χ0n) is 10.9. The van der Waals surface area contributed by atoms with E-state index in [1.807, 2.05) is 6.92 Å². The zero-order valence-corrected chi connectivity index (χ0v) is 12.6. The largest absolute Gasteiger partial charge is 0.317 e. The lowest BCUT2D eigenvalue weighted by Gasteiger charge is -2.22. The number of rotatable bonds is 3. The molecule has 0 aromatic carbocycles. The van der Waals surface area contributed by atoms with Crippen LogP contribution in [-0.4, -0.2) is 29.2 Å². The van der Waals surface area contributed by atoms with Gasteiger partial charge in [0.15, 0.2) is 0 Å². The summed E-state index contributed by atoms with van der Waals surface area (Å²) in [5.74, 6) is 0.323. The number of hydrogen-bond donors (Lipinski definition) is 2. The lowest BCUT2D eigenvalue weighted by Crippen LogP contribution is -2.31. The predicted octanol–water partition coefficient (Wildman–Crippen LogP) is 1.85. The van der Waals surface area contributed by atoms with Crippen LogP contribution in [0.4, 0.5) is 5.13 Å². The van der Waals surface area contributed by atoms with Gasteiger partial charge in [-0.05, 0) is 44.2 Å². The molecule has 106 valence electrons. The summed E-state index contributed by atoms with van der Waals surface area (Å²) in [6.45, 7) is 4.13. The second kappa shape index (κ2) is 5.73. The van der Waals surface area contributed by atoms with Crippen molar-refractivity contribution in [3.63, 3.8) is 0 Å². The number of nitrogens with zero attached hydrogens (tertiary/aromatic N) is 2. The van der Waals surface area contributed by atoms with Gasteiger partial charge in [-0.3, -0.25) is 4.79 Å². The first kappa shape index (κ1) is 14.7. The molecule has 2 fully saturated rings. The van der Waals surface area contributed by atoms with Crippen LogP contribution in [0.3, 0.4) is 0 Å². The fraction of sp³-hybridized carbons (Fsp3) is 0.750. The van der Waals surface area contributed by atoms with Crippen LogP contribution in [-0.2, 0) is 11.2 Å². The van der Waals surface area contributed by atoms with Gasteiger partial charge in [0.25, 0.3) is 0 Å². The number of anilines is 1. The highest BCUT2D eigenvalue weighted by Gasteiger charge is 2.57. The quantitative estimate of drug-likeness (QED) is 0.894. The molecule has 0 bridgehead atoms. The topological polar surface area (TPSA) is 66.9 Å². The molecule has 3 rings (SSSR count). The van der Waals surface area contributed by atoms with Crippen LogP contribution < -0.4 is 10.6 Å². The molecule has 1 aromatic rings. The Bertz CT molecular complexity index is 458. The minimum atomic E-state index is 0. The molecule has 7 heteroatoms. The van der Waals surface area contributed by atoms with E-state index in [4.69, 9.17) is 0 Å². The van der Waals surface area contributed by atoms with Gasteiger partial charge >= 0.3 is 0 Å². The molecule has 1 saturated heterocycles. The zero-order chi connectivity index (χ0) is 12.6. The minimum Gasteiger partial charge on any atom is -0.317 e. The van der Waals surface area contributed by atoms with Gasteiger partial charge in [-0.2, -0.15) is 0 Å². The Balaban J connectivity index is 0.00000133. The summed E-state index contributed by atoms with van der Waals surface area (Å²) in [5.41, 5.74) is 0.285. The van der Waals surface area contributed by atoms with Crippen LogP contribution >= 0.6 is 23.7 Å². The van der Waals surface area contributed by atoms with Gasteiger partial charge in [-0.15, -0.1) is 22.6 Å². The molecule has 2 N–H and O–H groups in total. The van der Waals surface area contributed by atoms with E-state index in [1.54, 1.807) is 0 Å². The average Bonchev–Trinajstić information content (AvgIpc) is 2.88. The molecule has 1 spiro atoms. The number of amides is 1. The lowest BCUT2D eigenvalue weighted by molar-refractivity contribution is -0.118. The summed E-state index contributed by atoms with van der Waals surface area (Å²) in [5, 5.41) is 15.9. The van der Waals surface area contributed by atoms with Gasteiger partial charge in [0.1, 0.15) is 5.01 Å². The molecule has 1 saturated carbocycles. The molecule has 2 aliphatic rings. The number of nitrogens with one attached hydrogen (secondary N) is 2. The van der Waals surface area contributed by atoms with E-state index in [-0.39, 0.29) is 29.6 Å². The van der Waals surface area contributed by atoms with Crippen LogP contribution in [0.25, 0.3) is 0 Å². The van der Waals surface area contributed by atoms with Crippen LogP contribution in [0.5, 0.6) is 0 Å². The van der Waals surface area contributed by atoms with Gasteiger partial charge in [-0.25, -0.2) is 0 Å². The second-order valence-corrected chi connectivity index (χ2v) is 6.27. The number of halogens is 1. The molecule has 5 nitrogen and oxygen atoms in total. The van der Waals surface area contributed by atoms with Crippen molar-refractivity contribution in [2.45, 2.75) is 32.6 Å². The van der Waals surface area contributed by atoms with E-state index in [0.29, 0.717) is 5.13 Å². The fourth-order valence-electron chi connectivity index (χ4n) is 2.84. The highest BCUT2D eigenvalue weighted by molar-refractivity contribution is 7.15. The Morgan fingerprint density at radius 3 is 2.84 bits per heavy atom. The summed E-state index contributed by atoms with van der Waals surface area (Å²) < 4.78 is 0. The fourth-order valence-corrected chi connectivity index (χ4v) is 3.52. The van der Waals surface area contributed by atoms with Crippen molar-refractivity contribution in [1.29, 1.82) is 0 Å². The standard InChI is InChI=1S/C12H18N4OS.ClH/c1-2-9-15-16-11(18-9)14-10(17)8-7-12(8)3-5-13-6-4-12;/h8,13H,2-7H2,1H3,(H,14,16,17);1H. The van der Waals surface area contributed by atoms with Crippen molar-refractivity contribution in [1.82, 2.24) is 15.5 Å². The van der Waals surface area contributed by atoms with Gasteiger partial charge in [0.2, 0.25) is 11.0 Å². The van der Waals surface area contributed by atoms with E-state index in [9.17, 15) is 4.79 Å². The smallest absolute Gasteiger partial charge is 0.229 e. The van der Waals surface area contributed by atoms with Crippen LogP contribution in [0, 0.1) is 11.3 Å². The molecule has 1 unspecified atom stereocenters. The first-order valence-electron chi connectivity index (χ1n) is 6.57. The number of carbonyl (C=O) groups is 1. The third-order valence-electron chi connectivity index (χ3n) is 4.10. The maximum atomic E-state index is 12.2. The molecule has 1 atom stereocenters. The summed E-state index contributed by atoms with van der Waals surface area (Å²) in [4.78, 5) is 12.2. The predicted molar refractivity (Wildman–Crippen MR) is 77.8 cm³/mol. The highest BCUT2D eigenvalue weighted by atomic mass is 35.5. The Labute approximate surface area is 123 Å². The average molecular weight is 303 g/mol. The summed E-state index contributed by atoms with van der Waals surface area (Å²) in [6, 6.07) is 0. The molecule has 1 aliphatic carbocycles. The molecule has 1 amide bonds. The highest BCUT2D eigenvalue weighted by Crippen LogP contribution is 2.58. The number of piperidine rings is 1. The Morgan fingerprint density at radius 1 is 1.47 bits per heavy atom. The SMILES string of the molecule is CCc1nnc(NC(=O)C2CC23CCNCC3)s1.Cl. The van der Waals surface area contributed by atoms with E-state index >= 15 is 0 Å². The first-order valence-corrected chi connectivity index (χ1v) is 7.39. The summed E-state index contributed by atoms with van der Waals surface area (Å²) in [7, 11) is 0. The van der Waals surface area contributed by atoms with Crippen LogP contribution in [0.15, 0.2) is 0 Å². The second-order valence-electron chi connectivity index (χ2n) is 5.21. The Hall–Kier alpha value is -0.720. The van der Waals surface area contributed by atoms with Crippen molar-refractivity contribution < 1.29 is 4.79 Å². The molecule has 0 radical (unpaired) electrons. The Morgan fingerprint density at radius 2 is 2.21 bits per heavy atom. The Kier molecular flexibility index (Phi) is 4.43. The van der Waals surface area contributed by atoms with Crippen LogP contribution in [0.2, 0.25) is 0 Å². The molecule has 2 heterocycles. The van der Waals surface area contributed by atoms with Gasteiger partial charge < -0.3 is 10.6 Å². The van der Waals surface area contributed by atoms with E-state index in [1.165, 1.54) is 11.3 Å². The molecular formula is C12H19ClN4OS.